The van der Waals surface area contributed by atoms with Gasteiger partial charge in [0.05, 0.1) is 5.52 Å². The van der Waals surface area contributed by atoms with Crippen molar-refractivity contribution in [3.05, 3.63) is 24.0 Å². The number of hydrogen-bond acceptors (Lipinski definition) is 3. The molecule has 4 nitrogen and oxygen atoms in total. The SMILES string of the molecule is CC(=O)n1nnc2cc(F)ccc21. The van der Waals surface area contributed by atoms with Gasteiger partial charge in [0, 0.05) is 13.0 Å². The third-order valence-electron chi connectivity index (χ3n) is 1.71. The number of aromatic nitrogens is 3. The quantitative estimate of drug-likeness (QED) is 0.611. The molecule has 0 unspecified atom stereocenters. The second kappa shape index (κ2) is 2.62. The topological polar surface area (TPSA) is 47.8 Å². The van der Waals surface area contributed by atoms with Crippen LogP contribution in [0.2, 0.25) is 0 Å². The number of fused-ring (bicyclic) bond motifs is 1. The molecule has 0 radical (unpaired) electrons. The highest BCUT2D eigenvalue weighted by atomic mass is 19.1. The fourth-order valence-corrected chi connectivity index (χ4v) is 1.13. The fourth-order valence-electron chi connectivity index (χ4n) is 1.13. The van der Waals surface area contributed by atoms with Gasteiger partial charge in [0.25, 0.3) is 0 Å². The standard InChI is InChI=1S/C8H6FN3O/c1-5(13)12-8-3-2-6(9)4-7(8)10-11-12/h2-4H,1H3. The van der Waals surface area contributed by atoms with Crippen molar-refractivity contribution < 1.29 is 9.18 Å². The molecule has 0 aliphatic rings. The van der Waals surface area contributed by atoms with Gasteiger partial charge in [-0.2, -0.15) is 4.68 Å². The Bertz CT molecular complexity index is 477. The van der Waals surface area contributed by atoms with Gasteiger partial charge in [-0.1, -0.05) is 5.21 Å². The lowest BCUT2D eigenvalue weighted by Gasteiger charge is -1.93. The van der Waals surface area contributed by atoms with Crippen LogP contribution in [-0.4, -0.2) is 20.9 Å². The summed E-state index contributed by atoms with van der Waals surface area (Å²) >= 11 is 0. The van der Waals surface area contributed by atoms with E-state index in [4.69, 9.17) is 0 Å². The lowest BCUT2D eigenvalue weighted by atomic mass is 10.3. The Labute approximate surface area is 73.0 Å². The molecule has 2 rings (SSSR count). The predicted octanol–water partition coefficient (Wildman–Crippen LogP) is 1.23. The summed E-state index contributed by atoms with van der Waals surface area (Å²) in [6.45, 7) is 1.37. The minimum Gasteiger partial charge on any atom is -0.273 e. The van der Waals surface area contributed by atoms with Crippen LogP contribution in [0.25, 0.3) is 11.0 Å². The van der Waals surface area contributed by atoms with Crippen LogP contribution >= 0.6 is 0 Å². The van der Waals surface area contributed by atoms with E-state index in [1.807, 2.05) is 0 Å². The first kappa shape index (κ1) is 7.85. The van der Waals surface area contributed by atoms with Crippen molar-refractivity contribution in [3.8, 4) is 0 Å². The smallest absolute Gasteiger partial charge is 0.245 e. The van der Waals surface area contributed by atoms with E-state index in [-0.39, 0.29) is 11.7 Å². The molecule has 5 heteroatoms. The summed E-state index contributed by atoms with van der Waals surface area (Å²) in [5.41, 5.74) is 0.907. The monoisotopic (exact) mass is 179 g/mol. The Balaban J connectivity index is 2.76. The summed E-state index contributed by atoms with van der Waals surface area (Å²) in [6, 6.07) is 3.99. The molecule has 1 aromatic carbocycles. The average molecular weight is 179 g/mol. The van der Waals surface area contributed by atoms with Gasteiger partial charge in [0.2, 0.25) is 5.91 Å². The minimum atomic E-state index is -0.386. The Morgan fingerprint density at radius 3 is 3.00 bits per heavy atom. The maximum Gasteiger partial charge on any atom is 0.245 e. The lowest BCUT2D eigenvalue weighted by molar-refractivity contribution is 0.0924. The average Bonchev–Trinajstić information content (AvgIpc) is 2.46. The normalized spacial score (nSPS) is 10.6. The zero-order valence-corrected chi connectivity index (χ0v) is 6.86. The first-order chi connectivity index (χ1) is 6.18. The number of hydrogen-bond donors (Lipinski definition) is 0. The van der Waals surface area contributed by atoms with Crippen LogP contribution in [0.4, 0.5) is 4.39 Å². The molecule has 0 saturated heterocycles. The zero-order chi connectivity index (χ0) is 9.42. The predicted molar refractivity (Wildman–Crippen MR) is 43.8 cm³/mol. The second-order valence-corrected chi connectivity index (χ2v) is 2.65. The van der Waals surface area contributed by atoms with Gasteiger partial charge in [-0.15, -0.1) is 5.10 Å². The van der Waals surface area contributed by atoms with E-state index >= 15 is 0 Å². The number of rotatable bonds is 0. The molecule has 0 aliphatic heterocycles. The summed E-state index contributed by atoms with van der Waals surface area (Å²) in [6.07, 6.45) is 0. The first-order valence-electron chi connectivity index (χ1n) is 3.70. The summed E-state index contributed by atoms with van der Waals surface area (Å²) in [5.74, 6) is -0.628. The van der Waals surface area contributed by atoms with Gasteiger partial charge >= 0.3 is 0 Å². The van der Waals surface area contributed by atoms with Crippen molar-refractivity contribution in [2.75, 3.05) is 0 Å². The number of halogens is 1. The van der Waals surface area contributed by atoms with Crippen molar-refractivity contribution in [2.45, 2.75) is 6.92 Å². The molecule has 0 saturated carbocycles. The fraction of sp³-hybridized carbons (Fsp3) is 0.125. The summed E-state index contributed by atoms with van der Waals surface area (Å²) in [4.78, 5) is 11.0. The van der Waals surface area contributed by atoms with E-state index < -0.39 is 0 Å². The lowest BCUT2D eigenvalue weighted by Crippen LogP contribution is -2.06. The third kappa shape index (κ3) is 1.18. The maximum atomic E-state index is 12.7. The van der Waals surface area contributed by atoms with Crippen molar-refractivity contribution in [1.29, 1.82) is 0 Å². The Kier molecular flexibility index (Phi) is 1.58. The molecule has 0 amide bonds. The molecule has 0 N–H and O–H groups in total. The van der Waals surface area contributed by atoms with Gasteiger partial charge in [-0.05, 0) is 12.1 Å². The van der Waals surface area contributed by atoms with Crippen molar-refractivity contribution in [3.63, 3.8) is 0 Å². The second-order valence-electron chi connectivity index (χ2n) is 2.65. The van der Waals surface area contributed by atoms with Gasteiger partial charge in [-0.3, -0.25) is 4.79 Å². The summed E-state index contributed by atoms with van der Waals surface area (Å²) < 4.78 is 13.8. The van der Waals surface area contributed by atoms with Gasteiger partial charge in [0.1, 0.15) is 11.3 Å². The van der Waals surface area contributed by atoms with E-state index in [2.05, 4.69) is 10.3 Å². The first-order valence-corrected chi connectivity index (χ1v) is 3.70. The molecular formula is C8H6FN3O. The van der Waals surface area contributed by atoms with Crippen LogP contribution < -0.4 is 0 Å². The number of carbonyl (C=O) groups excluding carboxylic acids is 1. The number of carbonyl (C=O) groups is 1. The molecule has 66 valence electrons. The molecule has 0 aliphatic carbocycles. The largest absolute Gasteiger partial charge is 0.273 e. The molecule has 1 heterocycles. The molecule has 2 aromatic rings. The highest BCUT2D eigenvalue weighted by Crippen LogP contribution is 2.11. The third-order valence-corrected chi connectivity index (χ3v) is 1.71. The van der Waals surface area contributed by atoms with Crippen molar-refractivity contribution in [2.24, 2.45) is 0 Å². The van der Waals surface area contributed by atoms with Crippen LogP contribution in [0.15, 0.2) is 18.2 Å². The Morgan fingerprint density at radius 1 is 1.54 bits per heavy atom. The molecule has 0 fully saturated rings. The zero-order valence-electron chi connectivity index (χ0n) is 6.86. The molecule has 0 spiro atoms. The van der Waals surface area contributed by atoms with Crippen LogP contribution in [0.5, 0.6) is 0 Å². The molecule has 0 bridgehead atoms. The number of nitrogens with zero attached hydrogens (tertiary/aromatic N) is 3. The molecule has 13 heavy (non-hydrogen) atoms. The molecule has 1 aromatic heterocycles. The van der Waals surface area contributed by atoms with Crippen molar-refractivity contribution >= 4 is 16.9 Å². The van der Waals surface area contributed by atoms with E-state index in [0.29, 0.717) is 11.0 Å². The van der Waals surface area contributed by atoms with Gasteiger partial charge < -0.3 is 0 Å². The van der Waals surface area contributed by atoms with Crippen LogP contribution in [-0.2, 0) is 0 Å². The minimum absolute atomic E-state index is 0.242. The van der Waals surface area contributed by atoms with Crippen LogP contribution in [0, 0.1) is 5.82 Å². The van der Waals surface area contributed by atoms with E-state index in [1.54, 1.807) is 0 Å². The summed E-state index contributed by atoms with van der Waals surface area (Å²) in [5, 5.41) is 7.24. The Morgan fingerprint density at radius 2 is 2.31 bits per heavy atom. The highest BCUT2D eigenvalue weighted by Gasteiger charge is 2.07. The molecular weight excluding hydrogens is 173 g/mol. The van der Waals surface area contributed by atoms with Crippen LogP contribution in [0.1, 0.15) is 11.7 Å². The van der Waals surface area contributed by atoms with E-state index in [9.17, 15) is 9.18 Å². The highest BCUT2D eigenvalue weighted by molar-refractivity contribution is 5.87. The van der Waals surface area contributed by atoms with Gasteiger partial charge in [-0.25, -0.2) is 4.39 Å². The van der Waals surface area contributed by atoms with Gasteiger partial charge in [0.15, 0.2) is 0 Å². The molecule has 0 atom stereocenters. The maximum absolute atomic E-state index is 12.7. The Hall–Kier alpha value is -1.78. The van der Waals surface area contributed by atoms with Crippen molar-refractivity contribution in [1.82, 2.24) is 15.0 Å². The van der Waals surface area contributed by atoms with E-state index in [0.717, 1.165) is 4.68 Å². The van der Waals surface area contributed by atoms with Crippen LogP contribution in [0.3, 0.4) is 0 Å². The summed E-state index contributed by atoms with van der Waals surface area (Å²) in [7, 11) is 0. The van der Waals surface area contributed by atoms with E-state index in [1.165, 1.54) is 25.1 Å². The number of benzene rings is 1.